The Balaban J connectivity index is 1.99. The van der Waals surface area contributed by atoms with Gasteiger partial charge in [0, 0.05) is 6.54 Å². The molecule has 0 amide bonds. The van der Waals surface area contributed by atoms with Gasteiger partial charge in [-0.05, 0) is 67.7 Å². The summed E-state index contributed by atoms with van der Waals surface area (Å²) >= 11 is 6.18. The van der Waals surface area contributed by atoms with Crippen LogP contribution < -0.4 is 13.9 Å². The average molecular weight is 386 g/mol. The fourth-order valence-corrected chi connectivity index (χ4v) is 5.05. The van der Waals surface area contributed by atoms with Gasteiger partial charge in [0.25, 0.3) is 0 Å². The fourth-order valence-electron chi connectivity index (χ4n) is 2.92. The van der Waals surface area contributed by atoms with Crippen molar-refractivity contribution >= 4 is 39.6 Å². The van der Waals surface area contributed by atoms with Crippen LogP contribution in [0, 0.1) is 5.82 Å². The molecule has 0 saturated heterocycles. The van der Waals surface area contributed by atoms with E-state index < -0.39 is 16.8 Å². The van der Waals surface area contributed by atoms with E-state index >= 15 is 0 Å². The predicted molar refractivity (Wildman–Crippen MR) is 103 cm³/mol. The summed E-state index contributed by atoms with van der Waals surface area (Å²) in [7, 11) is -1.44. The highest BCUT2D eigenvalue weighted by molar-refractivity contribution is 8.27. The zero-order valence-electron chi connectivity index (χ0n) is 13.8. The number of anilines is 3. The summed E-state index contributed by atoms with van der Waals surface area (Å²) in [6.45, 7) is 1.36. The Morgan fingerprint density at radius 1 is 1.08 bits per heavy atom. The molecule has 25 heavy (non-hydrogen) atoms. The van der Waals surface area contributed by atoms with Crippen molar-refractivity contribution in [3.05, 3.63) is 53.3 Å². The van der Waals surface area contributed by atoms with Crippen molar-refractivity contribution in [3.63, 3.8) is 0 Å². The summed E-state index contributed by atoms with van der Waals surface area (Å²) in [6, 6.07) is 11.2. The first-order valence-electron chi connectivity index (χ1n) is 8.01. The van der Waals surface area contributed by atoms with E-state index in [1.54, 1.807) is 10.4 Å². The van der Waals surface area contributed by atoms with E-state index in [0.717, 1.165) is 25.1 Å². The number of hydrogen-bond donors (Lipinski definition) is 3. The molecule has 136 valence electrons. The quantitative estimate of drug-likeness (QED) is 0.609. The first-order valence-corrected chi connectivity index (χ1v) is 9.85. The Bertz CT molecular complexity index is 762. The van der Waals surface area contributed by atoms with Gasteiger partial charge in [0.05, 0.1) is 22.1 Å². The number of para-hydroxylation sites is 2. The van der Waals surface area contributed by atoms with Gasteiger partial charge in [0.2, 0.25) is 0 Å². The van der Waals surface area contributed by atoms with Gasteiger partial charge in [0.1, 0.15) is 5.82 Å². The van der Waals surface area contributed by atoms with E-state index in [1.165, 1.54) is 22.5 Å². The zero-order chi connectivity index (χ0) is 18.0. The maximum Gasteiger partial charge on any atom is 0.124 e. The Hall–Kier alpha value is -1.51. The monoisotopic (exact) mass is 385 g/mol. The third kappa shape index (κ3) is 3.43. The molecule has 0 atom stereocenters. The minimum Gasteiger partial charge on any atom is -0.320 e. The van der Waals surface area contributed by atoms with Crippen molar-refractivity contribution in [2.75, 3.05) is 28.7 Å². The van der Waals surface area contributed by atoms with Crippen molar-refractivity contribution in [2.24, 2.45) is 0 Å². The highest BCUT2D eigenvalue weighted by Crippen LogP contribution is 2.64. The van der Waals surface area contributed by atoms with Crippen LogP contribution in [0.15, 0.2) is 42.5 Å². The first kappa shape index (κ1) is 18.3. The van der Waals surface area contributed by atoms with Crippen LogP contribution in [0.4, 0.5) is 21.5 Å². The van der Waals surface area contributed by atoms with Crippen molar-refractivity contribution < 1.29 is 13.5 Å². The first-order chi connectivity index (χ1) is 12.0. The number of benzene rings is 2. The molecule has 0 radical (unpaired) electrons. The number of rotatable bonds is 6. The highest BCUT2D eigenvalue weighted by Gasteiger charge is 2.41. The standard InChI is InChI=1S/C17H21ClFN3O2S/c1-20-10-4-5-11-21-16-6-2-3-7-17(16)22(25(21,23)24)15-9-8-13(19)12-14(15)18/h2-3,6-9,12,20,23-24H,4-5,10-11H2,1H3. The molecule has 2 aromatic carbocycles. The molecule has 3 N–H and O–H groups in total. The molecular weight excluding hydrogens is 365 g/mol. The molecule has 1 aliphatic rings. The van der Waals surface area contributed by atoms with Gasteiger partial charge in [-0.25, -0.2) is 8.70 Å². The van der Waals surface area contributed by atoms with E-state index in [4.69, 9.17) is 11.6 Å². The molecule has 1 aliphatic heterocycles. The fraction of sp³-hybridized carbons (Fsp3) is 0.294. The predicted octanol–water partition coefficient (Wildman–Crippen LogP) is 5.02. The van der Waals surface area contributed by atoms with Crippen LogP contribution >= 0.6 is 22.6 Å². The Morgan fingerprint density at radius 2 is 1.80 bits per heavy atom. The smallest absolute Gasteiger partial charge is 0.124 e. The molecule has 2 aromatic rings. The van der Waals surface area contributed by atoms with Crippen LogP contribution in [0.2, 0.25) is 5.02 Å². The molecule has 1 heterocycles. The van der Waals surface area contributed by atoms with Gasteiger partial charge in [-0.1, -0.05) is 23.7 Å². The van der Waals surface area contributed by atoms with Crippen molar-refractivity contribution in [2.45, 2.75) is 12.8 Å². The molecule has 0 aliphatic carbocycles. The van der Waals surface area contributed by atoms with Crippen LogP contribution in [0.25, 0.3) is 0 Å². The van der Waals surface area contributed by atoms with Crippen LogP contribution in [-0.2, 0) is 0 Å². The molecule has 8 heteroatoms. The molecule has 0 bridgehead atoms. The lowest BCUT2D eigenvalue weighted by Crippen LogP contribution is -2.32. The van der Waals surface area contributed by atoms with Crippen LogP contribution in [-0.4, -0.2) is 29.2 Å². The second-order valence-corrected chi connectivity index (χ2v) is 7.97. The topological polar surface area (TPSA) is 59.0 Å². The average Bonchev–Trinajstić information content (AvgIpc) is 2.79. The summed E-state index contributed by atoms with van der Waals surface area (Å²) < 4.78 is 38.3. The molecule has 0 spiro atoms. The van der Waals surface area contributed by atoms with Gasteiger partial charge in [0.15, 0.2) is 0 Å². The summed E-state index contributed by atoms with van der Waals surface area (Å²) in [4.78, 5) is 0. The van der Waals surface area contributed by atoms with Crippen LogP contribution in [0.1, 0.15) is 12.8 Å². The lowest BCUT2D eigenvalue weighted by Gasteiger charge is -2.44. The molecule has 0 fully saturated rings. The summed E-state index contributed by atoms with van der Waals surface area (Å²) in [5.74, 6) is -0.471. The number of unbranched alkanes of at least 4 members (excludes halogenated alkanes) is 1. The van der Waals surface area contributed by atoms with E-state index in [9.17, 15) is 13.5 Å². The molecule has 0 aromatic heterocycles. The third-order valence-electron chi connectivity index (χ3n) is 4.08. The Kier molecular flexibility index (Phi) is 5.41. The molecule has 0 unspecified atom stereocenters. The summed E-state index contributed by atoms with van der Waals surface area (Å²) in [5.41, 5.74) is 1.74. The van der Waals surface area contributed by atoms with Crippen molar-refractivity contribution in [3.8, 4) is 0 Å². The number of fused-ring (bicyclic) bond motifs is 1. The molecular formula is C17H21ClFN3O2S. The number of halogens is 2. The van der Waals surface area contributed by atoms with Crippen LogP contribution in [0.3, 0.4) is 0 Å². The maximum absolute atomic E-state index is 13.4. The Morgan fingerprint density at radius 3 is 2.48 bits per heavy atom. The van der Waals surface area contributed by atoms with E-state index in [1.807, 2.05) is 25.2 Å². The lowest BCUT2D eigenvalue weighted by atomic mass is 10.2. The second-order valence-electron chi connectivity index (χ2n) is 5.78. The minimum absolute atomic E-state index is 0.131. The van der Waals surface area contributed by atoms with Gasteiger partial charge in [-0.2, -0.15) is 0 Å². The largest absolute Gasteiger partial charge is 0.320 e. The number of nitrogens with zero attached hydrogens (tertiary/aromatic N) is 2. The van der Waals surface area contributed by atoms with Gasteiger partial charge < -0.3 is 5.32 Å². The second kappa shape index (κ2) is 7.39. The number of nitrogens with one attached hydrogen (secondary N) is 1. The minimum atomic E-state index is -3.32. The van der Waals surface area contributed by atoms with Crippen molar-refractivity contribution in [1.82, 2.24) is 5.32 Å². The van der Waals surface area contributed by atoms with Gasteiger partial charge in [-0.15, -0.1) is 0 Å². The lowest BCUT2D eigenvalue weighted by molar-refractivity contribution is 0.483. The Labute approximate surface area is 153 Å². The zero-order valence-corrected chi connectivity index (χ0v) is 15.4. The highest BCUT2D eigenvalue weighted by atomic mass is 35.5. The summed E-state index contributed by atoms with van der Waals surface area (Å²) in [6.07, 6.45) is 1.72. The van der Waals surface area contributed by atoms with E-state index in [-0.39, 0.29) is 5.02 Å². The van der Waals surface area contributed by atoms with Crippen molar-refractivity contribution in [1.29, 1.82) is 0 Å². The van der Waals surface area contributed by atoms with E-state index in [2.05, 4.69) is 5.32 Å². The van der Waals surface area contributed by atoms with Crippen LogP contribution in [0.5, 0.6) is 0 Å². The normalized spacial score (nSPS) is 16.8. The molecule has 5 nitrogen and oxygen atoms in total. The summed E-state index contributed by atoms with van der Waals surface area (Å²) in [5, 5.41) is 3.21. The maximum atomic E-state index is 13.4. The van der Waals surface area contributed by atoms with Gasteiger partial charge >= 0.3 is 0 Å². The van der Waals surface area contributed by atoms with Gasteiger partial charge in [-0.3, -0.25) is 13.4 Å². The third-order valence-corrected chi connectivity index (χ3v) is 6.23. The molecule has 0 saturated carbocycles. The SMILES string of the molecule is CNCCCCN1c2ccccc2N(c2ccc(F)cc2Cl)S1(O)O. The molecule has 3 rings (SSSR count). The van der Waals surface area contributed by atoms with E-state index in [0.29, 0.717) is 17.9 Å². The number of hydrogen-bond acceptors (Lipinski definition) is 5.